The van der Waals surface area contributed by atoms with Crippen LogP contribution >= 0.6 is 12.4 Å². The van der Waals surface area contributed by atoms with Crippen molar-refractivity contribution in [1.82, 2.24) is 10.6 Å². The normalized spacial score (nSPS) is 16.5. The van der Waals surface area contributed by atoms with Gasteiger partial charge in [0.25, 0.3) is 0 Å². The van der Waals surface area contributed by atoms with E-state index in [1.54, 1.807) is 13.1 Å². The molecular formula is C17H24ClF3N2O. The molecule has 0 atom stereocenters. The molecule has 2 N–H and O–H groups in total. The number of amides is 1. The van der Waals surface area contributed by atoms with E-state index < -0.39 is 11.7 Å². The first-order valence-electron chi connectivity index (χ1n) is 7.96. The first-order chi connectivity index (χ1) is 10.9. The second kappa shape index (κ2) is 8.72. The minimum Gasteiger partial charge on any atom is -0.355 e. The van der Waals surface area contributed by atoms with E-state index >= 15 is 0 Å². The van der Waals surface area contributed by atoms with Crippen LogP contribution in [0.25, 0.3) is 0 Å². The smallest absolute Gasteiger partial charge is 0.355 e. The zero-order chi connectivity index (χ0) is 16.9. The summed E-state index contributed by atoms with van der Waals surface area (Å²) in [5, 5.41) is 5.80. The Bertz CT molecular complexity index is 543. The quantitative estimate of drug-likeness (QED) is 0.808. The van der Waals surface area contributed by atoms with Crippen LogP contribution in [0, 0.1) is 0 Å². The second-order valence-electron chi connectivity index (χ2n) is 6.20. The van der Waals surface area contributed by atoms with E-state index in [2.05, 4.69) is 10.6 Å². The number of alkyl halides is 3. The molecule has 0 spiro atoms. The molecule has 1 amide bonds. The zero-order valence-electron chi connectivity index (χ0n) is 13.7. The van der Waals surface area contributed by atoms with Gasteiger partial charge in [0.2, 0.25) is 5.91 Å². The molecule has 1 aromatic carbocycles. The van der Waals surface area contributed by atoms with Gasteiger partial charge in [0, 0.05) is 24.9 Å². The third-order valence-corrected chi connectivity index (χ3v) is 4.59. The predicted molar refractivity (Wildman–Crippen MR) is 90.4 cm³/mol. The summed E-state index contributed by atoms with van der Waals surface area (Å²) in [6.07, 6.45) is -0.409. The molecule has 0 bridgehead atoms. The lowest BCUT2D eigenvalue weighted by molar-refractivity contribution is -0.137. The average Bonchev–Trinajstić information content (AvgIpc) is 3.00. The van der Waals surface area contributed by atoms with Gasteiger partial charge in [-0.25, -0.2) is 0 Å². The molecule has 1 aliphatic rings. The van der Waals surface area contributed by atoms with Gasteiger partial charge in [-0.05, 0) is 31.5 Å². The van der Waals surface area contributed by atoms with E-state index in [1.165, 1.54) is 12.1 Å². The van der Waals surface area contributed by atoms with Crippen LogP contribution < -0.4 is 10.6 Å². The van der Waals surface area contributed by atoms with Crippen LogP contribution in [-0.2, 0) is 16.4 Å². The van der Waals surface area contributed by atoms with Gasteiger partial charge in [-0.15, -0.1) is 12.4 Å². The van der Waals surface area contributed by atoms with Crippen LogP contribution in [0.2, 0.25) is 0 Å². The highest BCUT2D eigenvalue weighted by atomic mass is 35.5. The largest absolute Gasteiger partial charge is 0.416 e. The number of benzene rings is 1. The molecule has 0 unspecified atom stereocenters. The molecule has 3 nitrogen and oxygen atoms in total. The van der Waals surface area contributed by atoms with Crippen molar-refractivity contribution in [3.63, 3.8) is 0 Å². The minimum absolute atomic E-state index is 0. The molecule has 0 aromatic heterocycles. The van der Waals surface area contributed by atoms with Gasteiger partial charge < -0.3 is 10.6 Å². The van der Waals surface area contributed by atoms with E-state index in [0.29, 0.717) is 25.1 Å². The fourth-order valence-corrected chi connectivity index (χ4v) is 3.24. The van der Waals surface area contributed by atoms with Crippen LogP contribution in [-0.4, -0.2) is 26.0 Å². The zero-order valence-corrected chi connectivity index (χ0v) is 14.5. The third kappa shape index (κ3) is 5.11. The maximum atomic E-state index is 13.0. The van der Waals surface area contributed by atoms with Gasteiger partial charge in [-0.2, -0.15) is 13.2 Å². The van der Waals surface area contributed by atoms with Crippen molar-refractivity contribution in [2.75, 3.05) is 20.1 Å². The van der Waals surface area contributed by atoms with Crippen LogP contribution in [0.3, 0.4) is 0 Å². The SMILES string of the molecule is CNCCC(=O)NCC1(c2cccc(C(F)(F)F)c2)CCCC1.Cl. The molecular weight excluding hydrogens is 341 g/mol. The highest BCUT2D eigenvalue weighted by molar-refractivity contribution is 5.85. The lowest BCUT2D eigenvalue weighted by Gasteiger charge is -2.30. The molecule has 0 saturated heterocycles. The Kier molecular flexibility index (Phi) is 7.55. The Labute approximate surface area is 146 Å². The average molecular weight is 365 g/mol. The summed E-state index contributed by atoms with van der Waals surface area (Å²) in [7, 11) is 1.77. The van der Waals surface area contributed by atoms with Crippen LogP contribution in [0.4, 0.5) is 13.2 Å². The van der Waals surface area contributed by atoms with Gasteiger partial charge in [-0.3, -0.25) is 4.79 Å². The molecule has 2 rings (SSSR count). The Morgan fingerprint density at radius 3 is 2.50 bits per heavy atom. The van der Waals surface area contributed by atoms with E-state index in [-0.39, 0.29) is 23.7 Å². The van der Waals surface area contributed by atoms with Gasteiger partial charge in [-0.1, -0.05) is 31.0 Å². The number of halogens is 4. The molecule has 0 heterocycles. The van der Waals surface area contributed by atoms with Crippen molar-refractivity contribution in [3.8, 4) is 0 Å². The number of hydrogen-bond donors (Lipinski definition) is 2. The maximum Gasteiger partial charge on any atom is 0.416 e. The predicted octanol–water partition coefficient (Wildman–Crippen LogP) is 3.66. The van der Waals surface area contributed by atoms with Crippen molar-refractivity contribution < 1.29 is 18.0 Å². The van der Waals surface area contributed by atoms with Gasteiger partial charge in [0.15, 0.2) is 0 Å². The number of carbonyl (C=O) groups excluding carboxylic acids is 1. The fourth-order valence-electron chi connectivity index (χ4n) is 3.24. The number of hydrogen-bond acceptors (Lipinski definition) is 2. The van der Waals surface area contributed by atoms with Gasteiger partial charge in [0.1, 0.15) is 0 Å². The summed E-state index contributed by atoms with van der Waals surface area (Å²) in [6.45, 7) is 0.985. The fraction of sp³-hybridized carbons (Fsp3) is 0.588. The first kappa shape index (κ1) is 20.8. The summed E-state index contributed by atoms with van der Waals surface area (Å²) < 4.78 is 38.9. The lowest BCUT2D eigenvalue weighted by Crippen LogP contribution is -2.39. The Hall–Kier alpha value is -1.27. The topological polar surface area (TPSA) is 41.1 Å². The molecule has 1 aliphatic carbocycles. The summed E-state index contributed by atoms with van der Waals surface area (Å²) in [4.78, 5) is 11.8. The lowest BCUT2D eigenvalue weighted by atomic mass is 9.78. The highest BCUT2D eigenvalue weighted by Gasteiger charge is 2.38. The molecule has 0 radical (unpaired) electrons. The summed E-state index contributed by atoms with van der Waals surface area (Å²) >= 11 is 0. The van der Waals surface area contributed by atoms with Crippen LogP contribution in [0.1, 0.15) is 43.2 Å². The molecule has 0 aliphatic heterocycles. The Morgan fingerprint density at radius 2 is 1.92 bits per heavy atom. The monoisotopic (exact) mass is 364 g/mol. The van der Waals surface area contributed by atoms with Crippen molar-refractivity contribution in [1.29, 1.82) is 0 Å². The third-order valence-electron chi connectivity index (χ3n) is 4.59. The van der Waals surface area contributed by atoms with Crippen molar-refractivity contribution >= 4 is 18.3 Å². The number of nitrogens with one attached hydrogen (secondary N) is 2. The van der Waals surface area contributed by atoms with Crippen LogP contribution in [0.15, 0.2) is 24.3 Å². The van der Waals surface area contributed by atoms with E-state index in [0.717, 1.165) is 31.7 Å². The van der Waals surface area contributed by atoms with E-state index in [4.69, 9.17) is 0 Å². The summed E-state index contributed by atoms with van der Waals surface area (Å²) in [5.41, 5.74) is -0.321. The van der Waals surface area contributed by atoms with Gasteiger partial charge in [0.05, 0.1) is 5.56 Å². The van der Waals surface area contributed by atoms with E-state index in [9.17, 15) is 18.0 Å². The van der Waals surface area contributed by atoms with Crippen LogP contribution in [0.5, 0.6) is 0 Å². The van der Waals surface area contributed by atoms with Crippen molar-refractivity contribution in [3.05, 3.63) is 35.4 Å². The molecule has 1 saturated carbocycles. The molecule has 136 valence electrons. The van der Waals surface area contributed by atoms with Crippen molar-refractivity contribution in [2.24, 2.45) is 0 Å². The number of carbonyl (C=O) groups is 1. The minimum atomic E-state index is -4.34. The molecule has 7 heteroatoms. The number of rotatable bonds is 6. The second-order valence-corrected chi connectivity index (χ2v) is 6.20. The molecule has 1 aromatic rings. The highest BCUT2D eigenvalue weighted by Crippen LogP contribution is 2.42. The van der Waals surface area contributed by atoms with Gasteiger partial charge >= 0.3 is 6.18 Å². The Morgan fingerprint density at radius 1 is 1.25 bits per heavy atom. The first-order valence-corrected chi connectivity index (χ1v) is 7.96. The summed E-state index contributed by atoms with van der Waals surface area (Å²) in [6, 6.07) is 5.55. The van der Waals surface area contributed by atoms with E-state index in [1.807, 2.05) is 0 Å². The van der Waals surface area contributed by atoms with Crippen molar-refractivity contribution in [2.45, 2.75) is 43.7 Å². The Balaban J connectivity index is 0.00000288. The summed E-state index contributed by atoms with van der Waals surface area (Å²) in [5.74, 6) is -0.0717. The maximum absolute atomic E-state index is 13.0. The molecule has 24 heavy (non-hydrogen) atoms. The standard InChI is InChI=1S/C17H23F3N2O.ClH/c1-21-10-7-15(23)22-12-16(8-2-3-9-16)13-5-4-6-14(11-13)17(18,19)20;/h4-6,11,21H,2-3,7-10,12H2,1H3,(H,22,23);1H. The molecule has 1 fully saturated rings.